The van der Waals surface area contributed by atoms with E-state index in [9.17, 15) is 9.59 Å². The summed E-state index contributed by atoms with van der Waals surface area (Å²) < 4.78 is 7.08. The number of amides is 1. The number of anilines is 1. The molecular formula is C23H28N4O3S3. The molecular weight excluding hydrogens is 476 g/mol. The molecule has 0 saturated heterocycles. The van der Waals surface area contributed by atoms with Gasteiger partial charge in [0.1, 0.15) is 5.00 Å². The van der Waals surface area contributed by atoms with Crippen molar-refractivity contribution in [2.45, 2.75) is 58.2 Å². The van der Waals surface area contributed by atoms with E-state index in [1.54, 1.807) is 11.3 Å². The highest BCUT2D eigenvalue weighted by molar-refractivity contribution is 7.99. The number of nitrogens with one attached hydrogen (secondary N) is 1. The third kappa shape index (κ3) is 5.02. The summed E-state index contributed by atoms with van der Waals surface area (Å²) in [5.41, 5.74) is 2.59. The Bertz CT molecular complexity index is 1180. The summed E-state index contributed by atoms with van der Waals surface area (Å²) in [5, 5.41) is 15.1. The highest BCUT2D eigenvalue weighted by Crippen LogP contribution is 2.40. The van der Waals surface area contributed by atoms with Gasteiger partial charge < -0.3 is 10.1 Å². The van der Waals surface area contributed by atoms with Crippen LogP contribution in [0.1, 0.15) is 58.9 Å². The maximum atomic E-state index is 12.9. The smallest absolute Gasteiger partial charge is 0.341 e. The molecule has 0 radical (unpaired) electrons. The second-order valence-electron chi connectivity index (χ2n) is 8.60. The van der Waals surface area contributed by atoms with Crippen LogP contribution in [0.3, 0.4) is 0 Å². The van der Waals surface area contributed by atoms with Crippen LogP contribution in [0.5, 0.6) is 0 Å². The third-order valence-electron chi connectivity index (χ3n) is 5.66. The Morgan fingerprint density at radius 3 is 2.82 bits per heavy atom. The molecule has 7 nitrogen and oxygen atoms in total. The van der Waals surface area contributed by atoms with Crippen LogP contribution in [0, 0.1) is 12.8 Å². The first-order chi connectivity index (χ1) is 15.8. The van der Waals surface area contributed by atoms with Gasteiger partial charge in [0.25, 0.3) is 0 Å². The lowest BCUT2D eigenvalue weighted by Crippen LogP contribution is -2.17. The van der Waals surface area contributed by atoms with E-state index in [0.29, 0.717) is 21.6 Å². The summed E-state index contributed by atoms with van der Waals surface area (Å²) in [6.07, 6.45) is 2.80. The summed E-state index contributed by atoms with van der Waals surface area (Å²) in [7, 11) is 1.38. The van der Waals surface area contributed by atoms with Crippen LogP contribution in [0.25, 0.3) is 11.4 Å². The molecule has 1 aliphatic carbocycles. The first-order valence-electron chi connectivity index (χ1n) is 10.9. The van der Waals surface area contributed by atoms with E-state index in [-0.39, 0.29) is 23.7 Å². The largest absolute Gasteiger partial charge is 0.465 e. The minimum absolute atomic E-state index is 0.151. The maximum Gasteiger partial charge on any atom is 0.341 e. The number of carbonyl (C=O) groups excluding carboxylic acids is 2. The first kappa shape index (κ1) is 24.0. The number of nitrogens with zero attached hydrogens (tertiary/aromatic N) is 3. The van der Waals surface area contributed by atoms with Gasteiger partial charge in [0.15, 0.2) is 11.0 Å². The normalized spacial score (nSPS) is 15.5. The molecule has 0 fully saturated rings. The number of thiophene rings is 2. The zero-order valence-corrected chi connectivity index (χ0v) is 21.9. The number of rotatable bonds is 7. The van der Waals surface area contributed by atoms with Gasteiger partial charge in [0, 0.05) is 26.7 Å². The quantitative estimate of drug-likeness (QED) is 0.333. The molecule has 3 heterocycles. The van der Waals surface area contributed by atoms with Crippen LogP contribution in [0.4, 0.5) is 5.00 Å². The molecule has 0 bridgehead atoms. The Balaban J connectivity index is 1.51. The second-order valence-corrected chi connectivity index (χ2v) is 11.8. The summed E-state index contributed by atoms with van der Waals surface area (Å²) in [6.45, 7) is 8.44. The van der Waals surface area contributed by atoms with E-state index < -0.39 is 0 Å². The van der Waals surface area contributed by atoms with Crippen molar-refractivity contribution >= 4 is 51.3 Å². The molecule has 4 rings (SSSR count). The first-order valence-corrected chi connectivity index (χ1v) is 13.6. The van der Waals surface area contributed by atoms with E-state index >= 15 is 0 Å². The number of aryl methyl sites for hydroxylation is 1. The lowest BCUT2D eigenvalue weighted by atomic mass is 9.88. The van der Waals surface area contributed by atoms with Crippen LogP contribution >= 0.6 is 34.4 Å². The van der Waals surface area contributed by atoms with Crippen molar-refractivity contribution in [3.8, 4) is 11.4 Å². The molecule has 1 aliphatic rings. The molecule has 176 valence electrons. The van der Waals surface area contributed by atoms with Gasteiger partial charge in [-0.15, -0.1) is 32.9 Å². The average molecular weight is 505 g/mol. The molecule has 1 unspecified atom stereocenters. The molecule has 1 N–H and O–H groups in total. The fourth-order valence-corrected chi connectivity index (χ4v) is 7.01. The van der Waals surface area contributed by atoms with Gasteiger partial charge >= 0.3 is 5.97 Å². The minimum atomic E-state index is -0.389. The number of methoxy groups -OCH3 is 1. The molecule has 1 amide bonds. The lowest BCUT2D eigenvalue weighted by molar-refractivity contribution is -0.113. The number of ether oxygens (including phenoxy) is 1. The number of carbonyl (C=O) groups is 2. The van der Waals surface area contributed by atoms with Crippen molar-refractivity contribution in [3.63, 3.8) is 0 Å². The van der Waals surface area contributed by atoms with Crippen LogP contribution in [-0.4, -0.2) is 39.5 Å². The van der Waals surface area contributed by atoms with E-state index in [4.69, 9.17) is 4.74 Å². The van der Waals surface area contributed by atoms with Crippen LogP contribution in [-0.2, 0) is 22.4 Å². The second kappa shape index (κ2) is 9.99. The molecule has 0 aliphatic heterocycles. The standard InChI is InChI=1S/C23H28N4O3S3/c1-12(2)27-20(15-9-14(4)31-10-15)25-26-23(27)32-11-18(28)24-21-19(22(29)30-5)16-7-6-13(3)8-17(16)33-21/h9-10,12-13H,6-8,11H2,1-5H3,(H,24,28). The molecule has 10 heteroatoms. The number of hydrogen-bond donors (Lipinski definition) is 1. The SMILES string of the molecule is COC(=O)c1c(NC(=O)CSc2nnc(-c3csc(C)c3)n2C(C)C)sc2c1CCC(C)C2. The van der Waals surface area contributed by atoms with E-state index in [1.165, 1.54) is 40.0 Å². The molecule has 0 saturated carbocycles. The summed E-state index contributed by atoms with van der Waals surface area (Å²) in [4.78, 5) is 27.7. The van der Waals surface area contributed by atoms with Crippen LogP contribution in [0.2, 0.25) is 0 Å². The van der Waals surface area contributed by atoms with Crippen molar-refractivity contribution in [3.05, 3.63) is 32.3 Å². The number of hydrogen-bond acceptors (Lipinski definition) is 8. The Morgan fingerprint density at radius 2 is 2.15 bits per heavy atom. The van der Waals surface area contributed by atoms with Crippen molar-refractivity contribution in [1.29, 1.82) is 0 Å². The average Bonchev–Trinajstić information content (AvgIpc) is 3.47. The highest BCUT2D eigenvalue weighted by Gasteiger charge is 2.29. The molecule has 0 aromatic carbocycles. The van der Waals surface area contributed by atoms with Gasteiger partial charge in [-0.25, -0.2) is 4.79 Å². The zero-order chi connectivity index (χ0) is 23.7. The Hall–Kier alpha value is -2.17. The van der Waals surface area contributed by atoms with Crippen molar-refractivity contribution in [2.75, 3.05) is 18.2 Å². The van der Waals surface area contributed by atoms with Gasteiger partial charge in [-0.3, -0.25) is 9.36 Å². The summed E-state index contributed by atoms with van der Waals surface area (Å²) in [5.74, 6) is 0.991. The Kier molecular flexibility index (Phi) is 7.25. The van der Waals surface area contributed by atoms with E-state index in [0.717, 1.165) is 36.2 Å². The number of aromatic nitrogens is 3. The predicted molar refractivity (Wildman–Crippen MR) is 135 cm³/mol. The zero-order valence-electron chi connectivity index (χ0n) is 19.4. The number of fused-ring (bicyclic) bond motifs is 1. The van der Waals surface area contributed by atoms with E-state index in [2.05, 4.69) is 59.2 Å². The van der Waals surface area contributed by atoms with Gasteiger partial charge in [-0.2, -0.15) is 0 Å². The Labute approximate surface area is 206 Å². The van der Waals surface area contributed by atoms with Crippen molar-refractivity contribution in [1.82, 2.24) is 14.8 Å². The van der Waals surface area contributed by atoms with E-state index in [1.807, 2.05) is 0 Å². The molecule has 3 aromatic rings. The van der Waals surface area contributed by atoms with Crippen LogP contribution in [0.15, 0.2) is 16.6 Å². The fourth-order valence-electron chi connectivity index (χ4n) is 4.05. The summed E-state index contributed by atoms with van der Waals surface area (Å²) in [6, 6.07) is 2.25. The fraction of sp³-hybridized carbons (Fsp3) is 0.478. The topological polar surface area (TPSA) is 86.1 Å². The van der Waals surface area contributed by atoms with Crippen LogP contribution < -0.4 is 5.32 Å². The Morgan fingerprint density at radius 1 is 1.36 bits per heavy atom. The molecule has 3 aromatic heterocycles. The molecule has 33 heavy (non-hydrogen) atoms. The number of thioether (sulfide) groups is 1. The van der Waals surface area contributed by atoms with Gasteiger partial charge in [0.2, 0.25) is 5.91 Å². The number of esters is 1. The van der Waals surface area contributed by atoms with Gasteiger partial charge in [0.05, 0.1) is 18.4 Å². The minimum Gasteiger partial charge on any atom is -0.465 e. The highest BCUT2D eigenvalue weighted by atomic mass is 32.2. The maximum absolute atomic E-state index is 12.9. The monoisotopic (exact) mass is 504 g/mol. The molecule has 0 spiro atoms. The van der Waals surface area contributed by atoms with Gasteiger partial charge in [-0.05, 0) is 57.6 Å². The predicted octanol–water partition coefficient (Wildman–Crippen LogP) is 5.60. The summed E-state index contributed by atoms with van der Waals surface area (Å²) >= 11 is 4.52. The molecule has 1 atom stereocenters. The van der Waals surface area contributed by atoms with Crippen molar-refractivity contribution in [2.24, 2.45) is 5.92 Å². The van der Waals surface area contributed by atoms with Gasteiger partial charge in [-0.1, -0.05) is 18.7 Å². The van der Waals surface area contributed by atoms with Crippen molar-refractivity contribution < 1.29 is 14.3 Å². The third-order valence-corrected chi connectivity index (χ3v) is 8.63. The lowest BCUT2D eigenvalue weighted by Gasteiger charge is -2.18.